The third kappa shape index (κ3) is 2.34. The maximum atomic E-state index is 11.3. The lowest BCUT2D eigenvalue weighted by Crippen LogP contribution is -1.98. The molecule has 0 saturated carbocycles. The number of halogens is 1. The molecule has 0 saturated heterocycles. The molecular formula is C13H11ClO3. The summed E-state index contributed by atoms with van der Waals surface area (Å²) < 4.78 is 10.0. The molecule has 0 fully saturated rings. The fourth-order valence-electron chi connectivity index (χ4n) is 1.60. The molecule has 4 heteroatoms. The second-order valence-corrected chi connectivity index (χ2v) is 4.05. The minimum absolute atomic E-state index is 0.192. The van der Waals surface area contributed by atoms with E-state index in [9.17, 15) is 4.79 Å². The van der Waals surface area contributed by atoms with E-state index in [1.807, 2.05) is 19.1 Å². The van der Waals surface area contributed by atoms with Gasteiger partial charge in [-0.1, -0.05) is 11.6 Å². The average Bonchev–Trinajstić information content (AvgIpc) is 2.77. The van der Waals surface area contributed by atoms with Gasteiger partial charge in [-0.2, -0.15) is 0 Å². The Balaban J connectivity index is 2.40. The number of hydrogen-bond donors (Lipinski definition) is 0. The van der Waals surface area contributed by atoms with E-state index in [4.69, 9.17) is 16.0 Å². The molecule has 0 aliphatic rings. The zero-order chi connectivity index (χ0) is 12.4. The van der Waals surface area contributed by atoms with Gasteiger partial charge in [-0.25, -0.2) is 4.79 Å². The van der Waals surface area contributed by atoms with Crippen molar-refractivity contribution >= 4 is 17.6 Å². The summed E-state index contributed by atoms with van der Waals surface area (Å²) in [5, 5.41) is 0.672. The lowest BCUT2D eigenvalue weighted by atomic mass is 10.1. The van der Waals surface area contributed by atoms with E-state index in [1.54, 1.807) is 18.2 Å². The molecule has 1 heterocycles. The molecule has 1 aromatic heterocycles. The molecule has 0 aliphatic carbocycles. The quantitative estimate of drug-likeness (QED) is 0.763. The number of aryl methyl sites for hydroxylation is 1. The lowest BCUT2D eigenvalue weighted by Gasteiger charge is -2.02. The smallest absolute Gasteiger partial charge is 0.373 e. The SMILES string of the molecule is COC(=O)c1ccc(-c2ccc(Cl)cc2C)o1. The summed E-state index contributed by atoms with van der Waals surface area (Å²) in [7, 11) is 1.32. The summed E-state index contributed by atoms with van der Waals surface area (Å²) in [6, 6.07) is 8.82. The number of hydrogen-bond acceptors (Lipinski definition) is 3. The molecule has 0 bridgehead atoms. The molecule has 3 nitrogen and oxygen atoms in total. The third-order valence-corrected chi connectivity index (χ3v) is 2.68. The van der Waals surface area contributed by atoms with Crippen molar-refractivity contribution in [1.82, 2.24) is 0 Å². The largest absolute Gasteiger partial charge is 0.463 e. The molecule has 17 heavy (non-hydrogen) atoms. The normalized spacial score (nSPS) is 10.3. The summed E-state index contributed by atoms with van der Waals surface area (Å²) >= 11 is 5.88. The Labute approximate surface area is 104 Å². The second kappa shape index (κ2) is 4.63. The molecule has 88 valence electrons. The van der Waals surface area contributed by atoms with Gasteiger partial charge in [-0.3, -0.25) is 0 Å². The van der Waals surface area contributed by atoms with E-state index in [2.05, 4.69) is 4.74 Å². The standard InChI is InChI=1S/C13H11ClO3/c1-8-7-9(14)3-4-10(8)11-5-6-12(17-11)13(15)16-2/h3-7H,1-2H3. The number of esters is 1. The summed E-state index contributed by atoms with van der Waals surface area (Å²) in [6.45, 7) is 1.93. The van der Waals surface area contributed by atoms with Gasteiger partial charge in [-0.15, -0.1) is 0 Å². The van der Waals surface area contributed by atoms with Gasteiger partial charge in [0.15, 0.2) is 0 Å². The lowest BCUT2D eigenvalue weighted by molar-refractivity contribution is 0.0566. The molecule has 1 aromatic carbocycles. The first-order chi connectivity index (χ1) is 8.11. The number of furan rings is 1. The predicted octanol–water partition coefficient (Wildman–Crippen LogP) is 3.70. The highest BCUT2D eigenvalue weighted by Crippen LogP contribution is 2.27. The van der Waals surface area contributed by atoms with Crippen LogP contribution in [0.25, 0.3) is 11.3 Å². The summed E-state index contributed by atoms with van der Waals surface area (Å²) in [5.74, 6) is 0.333. The van der Waals surface area contributed by atoms with Crippen LogP contribution in [-0.2, 0) is 4.74 Å². The van der Waals surface area contributed by atoms with Gasteiger partial charge in [0.05, 0.1) is 7.11 Å². The second-order valence-electron chi connectivity index (χ2n) is 3.61. The van der Waals surface area contributed by atoms with Crippen molar-refractivity contribution in [3.63, 3.8) is 0 Å². The maximum absolute atomic E-state index is 11.3. The summed E-state index contributed by atoms with van der Waals surface area (Å²) in [4.78, 5) is 11.3. The molecule has 0 N–H and O–H groups in total. The first-order valence-corrected chi connectivity index (χ1v) is 5.44. The van der Waals surface area contributed by atoms with E-state index >= 15 is 0 Å². The van der Waals surface area contributed by atoms with E-state index in [-0.39, 0.29) is 5.76 Å². The predicted molar refractivity (Wildman–Crippen MR) is 65.2 cm³/mol. The van der Waals surface area contributed by atoms with Gasteiger partial charge in [-0.05, 0) is 42.8 Å². The van der Waals surface area contributed by atoms with E-state index in [0.717, 1.165) is 11.1 Å². The number of carbonyl (C=O) groups excluding carboxylic acids is 1. The Morgan fingerprint density at radius 3 is 2.71 bits per heavy atom. The van der Waals surface area contributed by atoms with Crippen molar-refractivity contribution < 1.29 is 13.9 Å². The number of carbonyl (C=O) groups is 1. The zero-order valence-electron chi connectivity index (χ0n) is 9.49. The molecule has 0 spiro atoms. The van der Waals surface area contributed by atoms with Crippen LogP contribution < -0.4 is 0 Å². The van der Waals surface area contributed by atoms with Crippen LogP contribution >= 0.6 is 11.6 Å². The van der Waals surface area contributed by atoms with Crippen LogP contribution in [0.2, 0.25) is 5.02 Å². The Bertz CT molecular complexity index is 558. The van der Waals surface area contributed by atoms with Crippen molar-refractivity contribution in [2.75, 3.05) is 7.11 Å². The first kappa shape index (κ1) is 11.7. The molecule has 0 aliphatic heterocycles. The molecule has 0 unspecified atom stereocenters. The Morgan fingerprint density at radius 1 is 1.29 bits per heavy atom. The Hall–Kier alpha value is -1.74. The van der Waals surface area contributed by atoms with Gasteiger partial charge in [0, 0.05) is 10.6 Å². The fraction of sp³-hybridized carbons (Fsp3) is 0.154. The van der Waals surface area contributed by atoms with Crippen molar-refractivity contribution in [1.29, 1.82) is 0 Å². The van der Waals surface area contributed by atoms with Crippen molar-refractivity contribution in [2.45, 2.75) is 6.92 Å². The monoisotopic (exact) mass is 250 g/mol. The Morgan fingerprint density at radius 2 is 2.06 bits per heavy atom. The van der Waals surface area contributed by atoms with Crippen LogP contribution in [0.5, 0.6) is 0 Å². The van der Waals surface area contributed by atoms with Gasteiger partial charge >= 0.3 is 5.97 Å². The highest BCUT2D eigenvalue weighted by Gasteiger charge is 2.13. The van der Waals surface area contributed by atoms with Crippen LogP contribution in [0.1, 0.15) is 16.1 Å². The van der Waals surface area contributed by atoms with Crippen molar-refractivity contribution in [2.24, 2.45) is 0 Å². The topological polar surface area (TPSA) is 39.4 Å². The number of methoxy groups -OCH3 is 1. The fourth-order valence-corrected chi connectivity index (χ4v) is 1.82. The van der Waals surface area contributed by atoms with Gasteiger partial charge in [0.25, 0.3) is 0 Å². The first-order valence-electron chi connectivity index (χ1n) is 5.06. The van der Waals surface area contributed by atoms with E-state index in [1.165, 1.54) is 7.11 Å². The highest BCUT2D eigenvalue weighted by atomic mass is 35.5. The minimum Gasteiger partial charge on any atom is -0.463 e. The van der Waals surface area contributed by atoms with E-state index < -0.39 is 5.97 Å². The number of ether oxygens (including phenoxy) is 1. The molecular weight excluding hydrogens is 240 g/mol. The molecule has 2 aromatic rings. The Kier molecular flexibility index (Phi) is 3.20. The molecule has 0 amide bonds. The van der Waals surface area contributed by atoms with Crippen LogP contribution in [0.4, 0.5) is 0 Å². The van der Waals surface area contributed by atoms with Crippen molar-refractivity contribution in [3.8, 4) is 11.3 Å². The van der Waals surface area contributed by atoms with Crippen LogP contribution in [0.15, 0.2) is 34.7 Å². The number of rotatable bonds is 2. The minimum atomic E-state index is -0.483. The van der Waals surface area contributed by atoms with E-state index in [0.29, 0.717) is 10.8 Å². The van der Waals surface area contributed by atoms with Gasteiger partial charge in [0.2, 0.25) is 5.76 Å². The molecule has 2 rings (SSSR count). The molecule has 0 atom stereocenters. The van der Waals surface area contributed by atoms with Crippen molar-refractivity contribution in [3.05, 3.63) is 46.7 Å². The maximum Gasteiger partial charge on any atom is 0.373 e. The summed E-state index contributed by atoms with van der Waals surface area (Å²) in [6.07, 6.45) is 0. The summed E-state index contributed by atoms with van der Waals surface area (Å²) in [5.41, 5.74) is 1.90. The van der Waals surface area contributed by atoms with Crippen LogP contribution in [0.3, 0.4) is 0 Å². The van der Waals surface area contributed by atoms with Crippen LogP contribution in [-0.4, -0.2) is 13.1 Å². The number of benzene rings is 1. The van der Waals surface area contributed by atoms with Gasteiger partial charge in [0.1, 0.15) is 5.76 Å². The van der Waals surface area contributed by atoms with Crippen LogP contribution in [0, 0.1) is 6.92 Å². The molecule has 0 radical (unpaired) electrons. The average molecular weight is 251 g/mol. The highest BCUT2D eigenvalue weighted by molar-refractivity contribution is 6.30. The third-order valence-electron chi connectivity index (χ3n) is 2.45. The zero-order valence-corrected chi connectivity index (χ0v) is 10.2. The van der Waals surface area contributed by atoms with Gasteiger partial charge < -0.3 is 9.15 Å².